The molecule has 0 aliphatic heterocycles. The van der Waals surface area contributed by atoms with Crippen LogP contribution in [-0.2, 0) is 22.3 Å². The average Bonchev–Trinajstić information content (AvgIpc) is 2.18. The topological polar surface area (TPSA) is 57.2 Å². The maximum Gasteiger partial charge on any atom is 0.162 e. The molecule has 0 bridgehead atoms. The molecule has 0 aliphatic carbocycles. The average molecular weight is 223 g/mol. The van der Waals surface area contributed by atoms with Gasteiger partial charge in [-0.3, -0.25) is 9.00 Å². The molecule has 0 aromatic heterocycles. The molecule has 0 heterocycles. The van der Waals surface area contributed by atoms with Gasteiger partial charge in [0.2, 0.25) is 0 Å². The van der Waals surface area contributed by atoms with Crippen molar-refractivity contribution in [3.63, 3.8) is 0 Å². The molecule has 0 N–H and O–H groups in total. The van der Waals surface area contributed by atoms with Crippen LogP contribution in [0.3, 0.4) is 0 Å². The van der Waals surface area contributed by atoms with Crippen LogP contribution in [0, 0.1) is 0 Å². The van der Waals surface area contributed by atoms with Gasteiger partial charge in [-0.1, -0.05) is 18.7 Å². The van der Waals surface area contributed by atoms with Gasteiger partial charge in [0, 0.05) is 11.3 Å². The molecule has 0 spiro atoms. The Hall–Kier alpha value is -1.26. The molecule has 1 aromatic rings. The van der Waals surface area contributed by atoms with Gasteiger partial charge in [0.05, 0.1) is 0 Å². The number of carbonyl (C=O) groups excluding carboxylic acids is 1. The number of Topliss-reactive ketones (excluding diaryl/α,β-unsaturated/α-hetero) is 1. The Bertz CT molecular complexity index is 406. The van der Waals surface area contributed by atoms with Crippen LogP contribution < -0.4 is 0 Å². The first-order valence-electron chi connectivity index (χ1n) is 4.37. The second-order valence-electron chi connectivity index (χ2n) is 3.26. The van der Waals surface area contributed by atoms with Crippen molar-refractivity contribution in [2.75, 3.05) is 0 Å². The summed E-state index contributed by atoms with van der Waals surface area (Å²) < 4.78 is 21.1. The lowest BCUT2D eigenvalue weighted by Crippen LogP contribution is -2.03. The number of rotatable bonds is 4. The number of ketones is 1. The standard InChI is InChI=1S/C11H12O3S/c1-8(2)11(12)7-9-3-5-10(6-4-9)15(13)14/h3-6H,1,7H2,2H3,(H,13,14)/p-1. The molecule has 15 heavy (non-hydrogen) atoms. The molecule has 1 aromatic carbocycles. The van der Waals surface area contributed by atoms with Crippen molar-refractivity contribution in [3.8, 4) is 0 Å². The van der Waals surface area contributed by atoms with Crippen LogP contribution in [0.4, 0.5) is 0 Å². The van der Waals surface area contributed by atoms with Gasteiger partial charge in [-0.15, -0.1) is 0 Å². The first-order valence-corrected chi connectivity index (χ1v) is 5.45. The molecule has 0 radical (unpaired) electrons. The Morgan fingerprint density at radius 2 is 1.93 bits per heavy atom. The summed E-state index contributed by atoms with van der Waals surface area (Å²) in [5, 5.41) is 0. The fraction of sp³-hybridized carbons (Fsp3) is 0.182. The third-order valence-electron chi connectivity index (χ3n) is 1.96. The van der Waals surface area contributed by atoms with Crippen LogP contribution in [0.5, 0.6) is 0 Å². The number of benzene rings is 1. The van der Waals surface area contributed by atoms with Gasteiger partial charge in [-0.2, -0.15) is 0 Å². The predicted octanol–water partition coefficient (Wildman–Crippen LogP) is 1.61. The van der Waals surface area contributed by atoms with Crippen molar-refractivity contribution in [3.05, 3.63) is 42.0 Å². The SMILES string of the molecule is C=C(C)C(=O)Cc1ccc(S(=O)[O-])cc1. The summed E-state index contributed by atoms with van der Waals surface area (Å²) in [6.45, 7) is 5.20. The zero-order valence-electron chi connectivity index (χ0n) is 8.36. The van der Waals surface area contributed by atoms with E-state index in [0.717, 1.165) is 5.56 Å². The molecule has 0 amide bonds. The van der Waals surface area contributed by atoms with Crippen molar-refractivity contribution in [2.45, 2.75) is 18.2 Å². The van der Waals surface area contributed by atoms with E-state index in [2.05, 4.69) is 6.58 Å². The zero-order chi connectivity index (χ0) is 11.4. The van der Waals surface area contributed by atoms with Gasteiger partial charge in [0.15, 0.2) is 5.78 Å². The van der Waals surface area contributed by atoms with E-state index < -0.39 is 11.1 Å². The van der Waals surface area contributed by atoms with E-state index in [9.17, 15) is 13.6 Å². The maximum atomic E-state index is 11.3. The first kappa shape index (κ1) is 11.8. The molecule has 0 saturated heterocycles. The highest BCUT2D eigenvalue weighted by molar-refractivity contribution is 7.79. The molecule has 0 fully saturated rings. The monoisotopic (exact) mass is 223 g/mol. The van der Waals surface area contributed by atoms with Gasteiger partial charge < -0.3 is 4.55 Å². The molecule has 1 unspecified atom stereocenters. The van der Waals surface area contributed by atoms with Crippen molar-refractivity contribution >= 4 is 16.9 Å². The fourth-order valence-corrected chi connectivity index (χ4v) is 1.41. The molecule has 4 heteroatoms. The van der Waals surface area contributed by atoms with E-state index >= 15 is 0 Å². The molecule has 3 nitrogen and oxygen atoms in total. The van der Waals surface area contributed by atoms with Gasteiger partial charge >= 0.3 is 0 Å². The Morgan fingerprint density at radius 3 is 2.33 bits per heavy atom. The lowest BCUT2D eigenvalue weighted by Gasteiger charge is -2.05. The quantitative estimate of drug-likeness (QED) is 0.575. The van der Waals surface area contributed by atoms with Gasteiger partial charge in [-0.05, 0) is 41.3 Å². The number of carbonyl (C=O) groups is 1. The Morgan fingerprint density at radius 1 is 1.40 bits per heavy atom. The van der Waals surface area contributed by atoms with Crippen molar-refractivity contribution in [2.24, 2.45) is 0 Å². The minimum Gasteiger partial charge on any atom is -0.768 e. The maximum absolute atomic E-state index is 11.3. The van der Waals surface area contributed by atoms with Crippen LogP contribution in [0.15, 0.2) is 41.3 Å². The van der Waals surface area contributed by atoms with E-state index in [1.807, 2.05) is 0 Å². The number of hydrogen-bond acceptors (Lipinski definition) is 3. The van der Waals surface area contributed by atoms with Crippen LogP contribution in [0.2, 0.25) is 0 Å². The molecule has 1 rings (SSSR count). The van der Waals surface area contributed by atoms with Crippen LogP contribution >= 0.6 is 0 Å². The molecule has 0 saturated carbocycles. The van der Waals surface area contributed by atoms with Gasteiger partial charge in [0.1, 0.15) is 0 Å². The van der Waals surface area contributed by atoms with Crippen molar-refractivity contribution < 1.29 is 13.6 Å². The predicted molar refractivity (Wildman–Crippen MR) is 57.2 cm³/mol. The minimum absolute atomic E-state index is 0.0361. The largest absolute Gasteiger partial charge is 0.768 e. The van der Waals surface area contributed by atoms with Crippen LogP contribution in [0.25, 0.3) is 0 Å². The molecular formula is C11H11O3S-. The lowest BCUT2D eigenvalue weighted by molar-refractivity contribution is -0.114. The van der Waals surface area contributed by atoms with E-state index in [1.54, 1.807) is 19.1 Å². The summed E-state index contributed by atoms with van der Waals surface area (Å²) in [6, 6.07) is 6.21. The normalized spacial score (nSPS) is 12.1. The Balaban J connectivity index is 2.77. The molecular weight excluding hydrogens is 212 g/mol. The summed E-state index contributed by atoms with van der Waals surface area (Å²) in [4.78, 5) is 11.5. The van der Waals surface area contributed by atoms with Gasteiger partial charge in [0.25, 0.3) is 0 Å². The first-order chi connectivity index (χ1) is 7.00. The summed E-state index contributed by atoms with van der Waals surface area (Å²) in [5.41, 5.74) is 1.30. The van der Waals surface area contributed by atoms with E-state index in [4.69, 9.17) is 0 Å². The summed E-state index contributed by atoms with van der Waals surface area (Å²) >= 11 is -2.21. The lowest BCUT2D eigenvalue weighted by atomic mass is 10.1. The van der Waals surface area contributed by atoms with E-state index in [-0.39, 0.29) is 17.1 Å². The number of allylic oxidation sites excluding steroid dienone is 1. The highest BCUT2D eigenvalue weighted by atomic mass is 32.2. The molecule has 0 aliphatic rings. The second kappa shape index (κ2) is 5.00. The van der Waals surface area contributed by atoms with Crippen LogP contribution in [0.1, 0.15) is 12.5 Å². The smallest absolute Gasteiger partial charge is 0.162 e. The Kier molecular flexibility index (Phi) is 3.94. The van der Waals surface area contributed by atoms with E-state index in [0.29, 0.717) is 5.57 Å². The third kappa shape index (κ3) is 3.42. The number of hydrogen-bond donors (Lipinski definition) is 0. The summed E-state index contributed by atoms with van der Waals surface area (Å²) in [5.74, 6) is -0.0361. The summed E-state index contributed by atoms with van der Waals surface area (Å²) in [7, 11) is 0. The minimum atomic E-state index is -2.21. The van der Waals surface area contributed by atoms with Crippen LogP contribution in [-0.4, -0.2) is 14.5 Å². The Labute approximate surface area is 91.1 Å². The summed E-state index contributed by atoms with van der Waals surface area (Å²) in [6.07, 6.45) is 0.265. The second-order valence-corrected chi connectivity index (χ2v) is 4.20. The fourth-order valence-electron chi connectivity index (χ4n) is 1.05. The molecule has 1 atom stereocenters. The zero-order valence-corrected chi connectivity index (χ0v) is 9.17. The van der Waals surface area contributed by atoms with Crippen molar-refractivity contribution in [1.29, 1.82) is 0 Å². The highest BCUT2D eigenvalue weighted by Crippen LogP contribution is 2.09. The van der Waals surface area contributed by atoms with Crippen molar-refractivity contribution in [1.82, 2.24) is 0 Å². The molecule has 80 valence electrons. The van der Waals surface area contributed by atoms with E-state index in [1.165, 1.54) is 12.1 Å². The third-order valence-corrected chi connectivity index (χ3v) is 2.61. The highest BCUT2D eigenvalue weighted by Gasteiger charge is 2.03. The van der Waals surface area contributed by atoms with Gasteiger partial charge in [-0.25, -0.2) is 0 Å².